The molecule has 3 heteroatoms. The van der Waals surface area contributed by atoms with Gasteiger partial charge in [-0.2, -0.15) is 0 Å². The molecule has 0 aliphatic carbocycles. The Bertz CT molecular complexity index is 351. The Morgan fingerprint density at radius 3 is 2.56 bits per heavy atom. The van der Waals surface area contributed by atoms with E-state index < -0.39 is 0 Å². The lowest BCUT2D eigenvalue weighted by Crippen LogP contribution is -2.19. The third-order valence-corrected chi connectivity index (χ3v) is 3.89. The zero-order valence-electron chi connectivity index (χ0n) is 11.9. The molecule has 18 heavy (non-hydrogen) atoms. The molecule has 3 nitrogen and oxygen atoms in total. The fraction of sp³-hybridized carbons (Fsp3) is 0.733. The molecule has 1 saturated heterocycles. The van der Waals surface area contributed by atoms with E-state index in [9.17, 15) is 0 Å². The van der Waals surface area contributed by atoms with Gasteiger partial charge in [0.25, 0.3) is 0 Å². The highest BCUT2D eigenvalue weighted by atomic mass is 16.3. The maximum Gasteiger partial charge on any atom is 0.118 e. The van der Waals surface area contributed by atoms with E-state index in [1.54, 1.807) is 0 Å². The van der Waals surface area contributed by atoms with Crippen molar-refractivity contribution in [3.8, 4) is 0 Å². The molecule has 0 radical (unpaired) electrons. The van der Waals surface area contributed by atoms with E-state index in [2.05, 4.69) is 43.1 Å². The highest BCUT2D eigenvalue weighted by Gasteiger charge is 2.26. The van der Waals surface area contributed by atoms with E-state index in [0.717, 1.165) is 49.4 Å². The van der Waals surface area contributed by atoms with Crippen molar-refractivity contribution >= 4 is 0 Å². The summed E-state index contributed by atoms with van der Waals surface area (Å²) in [4.78, 5) is 2.50. The second-order valence-electron chi connectivity index (χ2n) is 5.69. The number of furan rings is 1. The van der Waals surface area contributed by atoms with Gasteiger partial charge < -0.3 is 9.73 Å². The van der Waals surface area contributed by atoms with Gasteiger partial charge in [0.1, 0.15) is 11.5 Å². The first kappa shape index (κ1) is 13.6. The second-order valence-corrected chi connectivity index (χ2v) is 5.69. The molecule has 1 aliphatic rings. The highest BCUT2D eigenvalue weighted by Crippen LogP contribution is 2.24. The van der Waals surface area contributed by atoms with Gasteiger partial charge in [0.2, 0.25) is 0 Å². The first-order chi connectivity index (χ1) is 8.69. The Labute approximate surface area is 111 Å². The van der Waals surface area contributed by atoms with Crippen LogP contribution in [0.3, 0.4) is 0 Å². The summed E-state index contributed by atoms with van der Waals surface area (Å²) < 4.78 is 5.86. The van der Waals surface area contributed by atoms with Crippen LogP contribution in [-0.4, -0.2) is 24.5 Å². The Kier molecular flexibility index (Phi) is 4.84. The average molecular weight is 250 g/mol. The number of nitrogens with zero attached hydrogens (tertiary/aromatic N) is 1. The van der Waals surface area contributed by atoms with Gasteiger partial charge in [-0.25, -0.2) is 0 Å². The van der Waals surface area contributed by atoms with Gasteiger partial charge in [-0.15, -0.1) is 0 Å². The van der Waals surface area contributed by atoms with Crippen LogP contribution in [0.2, 0.25) is 0 Å². The Morgan fingerprint density at radius 1 is 1.22 bits per heavy atom. The van der Waals surface area contributed by atoms with E-state index >= 15 is 0 Å². The largest absolute Gasteiger partial charge is 0.463 e. The molecule has 0 bridgehead atoms. The topological polar surface area (TPSA) is 28.4 Å². The third kappa shape index (κ3) is 3.59. The summed E-state index contributed by atoms with van der Waals surface area (Å²) in [6, 6.07) is 4.22. The van der Waals surface area contributed by atoms with Crippen molar-refractivity contribution in [3.05, 3.63) is 23.7 Å². The van der Waals surface area contributed by atoms with Crippen LogP contribution in [0.4, 0.5) is 0 Å². The van der Waals surface area contributed by atoms with Gasteiger partial charge in [0.05, 0.1) is 13.1 Å². The molecule has 2 unspecified atom stereocenters. The van der Waals surface area contributed by atoms with Gasteiger partial charge in [-0.05, 0) is 36.9 Å². The van der Waals surface area contributed by atoms with Crippen molar-refractivity contribution in [1.29, 1.82) is 0 Å². The third-order valence-electron chi connectivity index (χ3n) is 3.89. The molecular formula is C15H26N2O. The Hall–Kier alpha value is -0.800. The van der Waals surface area contributed by atoms with E-state index in [-0.39, 0.29) is 0 Å². The van der Waals surface area contributed by atoms with Crippen LogP contribution in [0.5, 0.6) is 0 Å². The monoisotopic (exact) mass is 250 g/mol. The molecule has 0 saturated carbocycles. The predicted molar refractivity (Wildman–Crippen MR) is 74.3 cm³/mol. The average Bonchev–Trinajstić information content (AvgIpc) is 2.88. The van der Waals surface area contributed by atoms with Crippen LogP contribution < -0.4 is 5.32 Å². The maximum absolute atomic E-state index is 5.86. The molecule has 2 rings (SSSR count). The van der Waals surface area contributed by atoms with Crippen LogP contribution in [0.1, 0.15) is 38.7 Å². The van der Waals surface area contributed by atoms with Crippen molar-refractivity contribution in [3.63, 3.8) is 0 Å². The van der Waals surface area contributed by atoms with Crippen molar-refractivity contribution in [2.45, 2.75) is 40.3 Å². The summed E-state index contributed by atoms with van der Waals surface area (Å²) in [5.41, 5.74) is 0. The van der Waals surface area contributed by atoms with Crippen molar-refractivity contribution in [2.24, 2.45) is 11.8 Å². The van der Waals surface area contributed by atoms with Crippen LogP contribution >= 0.6 is 0 Å². The Balaban J connectivity index is 1.80. The smallest absolute Gasteiger partial charge is 0.118 e. The van der Waals surface area contributed by atoms with Crippen LogP contribution in [0.25, 0.3) is 0 Å². The van der Waals surface area contributed by atoms with E-state index in [4.69, 9.17) is 4.42 Å². The summed E-state index contributed by atoms with van der Waals surface area (Å²) in [5.74, 6) is 3.78. The van der Waals surface area contributed by atoms with E-state index in [1.165, 1.54) is 13.1 Å². The molecule has 0 spiro atoms. The summed E-state index contributed by atoms with van der Waals surface area (Å²) in [6.45, 7) is 12.1. The molecule has 0 amide bonds. The van der Waals surface area contributed by atoms with Crippen molar-refractivity contribution < 1.29 is 4.42 Å². The predicted octanol–water partition coefficient (Wildman–Crippen LogP) is 2.87. The SMILES string of the molecule is CCCNCc1ccc(CN2CC(C)C(C)C2)o1. The number of nitrogens with one attached hydrogen (secondary N) is 1. The molecule has 1 fully saturated rings. The molecular weight excluding hydrogens is 224 g/mol. The maximum atomic E-state index is 5.86. The summed E-state index contributed by atoms with van der Waals surface area (Å²) in [6.07, 6.45) is 1.16. The number of likely N-dealkylation sites (tertiary alicyclic amines) is 1. The molecule has 0 aromatic carbocycles. The van der Waals surface area contributed by atoms with Gasteiger partial charge in [-0.3, -0.25) is 4.90 Å². The lowest BCUT2D eigenvalue weighted by molar-refractivity contribution is 0.280. The van der Waals surface area contributed by atoms with Gasteiger partial charge in [-0.1, -0.05) is 20.8 Å². The summed E-state index contributed by atoms with van der Waals surface area (Å²) in [7, 11) is 0. The molecule has 1 aliphatic heterocycles. The summed E-state index contributed by atoms with van der Waals surface area (Å²) in [5, 5.41) is 3.37. The van der Waals surface area contributed by atoms with Gasteiger partial charge >= 0.3 is 0 Å². The normalized spacial score (nSPS) is 24.8. The fourth-order valence-corrected chi connectivity index (χ4v) is 2.59. The van der Waals surface area contributed by atoms with Crippen molar-refractivity contribution in [1.82, 2.24) is 10.2 Å². The zero-order valence-corrected chi connectivity index (χ0v) is 11.9. The molecule has 1 aromatic heterocycles. The quantitative estimate of drug-likeness (QED) is 0.787. The zero-order chi connectivity index (χ0) is 13.0. The molecule has 2 heterocycles. The number of hydrogen-bond acceptors (Lipinski definition) is 3. The minimum Gasteiger partial charge on any atom is -0.463 e. The van der Waals surface area contributed by atoms with E-state index in [0.29, 0.717) is 0 Å². The fourth-order valence-electron chi connectivity index (χ4n) is 2.59. The van der Waals surface area contributed by atoms with Crippen molar-refractivity contribution in [2.75, 3.05) is 19.6 Å². The first-order valence-corrected chi connectivity index (χ1v) is 7.19. The standard InChI is InChI=1S/C15H26N2O/c1-4-7-16-8-14-5-6-15(18-14)11-17-9-12(2)13(3)10-17/h5-6,12-13,16H,4,7-11H2,1-3H3. The molecule has 1 aromatic rings. The second kappa shape index (κ2) is 6.39. The molecule has 2 atom stereocenters. The van der Waals surface area contributed by atoms with Crippen LogP contribution in [-0.2, 0) is 13.1 Å². The minimum absolute atomic E-state index is 0.811. The molecule has 1 N–H and O–H groups in total. The van der Waals surface area contributed by atoms with E-state index in [1.807, 2.05) is 0 Å². The summed E-state index contributed by atoms with van der Waals surface area (Å²) >= 11 is 0. The number of hydrogen-bond donors (Lipinski definition) is 1. The van der Waals surface area contributed by atoms with Crippen LogP contribution in [0.15, 0.2) is 16.5 Å². The first-order valence-electron chi connectivity index (χ1n) is 7.19. The Morgan fingerprint density at radius 2 is 1.89 bits per heavy atom. The van der Waals surface area contributed by atoms with Gasteiger partial charge in [0, 0.05) is 13.1 Å². The van der Waals surface area contributed by atoms with Gasteiger partial charge in [0.15, 0.2) is 0 Å². The van der Waals surface area contributed by atoms with Crippen LogP contribution in [0, 0.1) is 11.8 Å². The lowest BCUT2D eigenvalue weighted by Gasteiger charge is -2.13. The highest BCUT2D eigenvalue weighted by molar-refractivity contribution is 5.07. The molecule has 102 valence electrons. The lowest BCUT2D eigenvalue weighted by atomic mass is 10.0. The number of rotatable bonds is 6. The minimum atomic E-state index is 0.811.